The Balaban J connectivity index is 2.02. The van der Waals surface area contributed by atoms with Gasteiger partial charge >= 0.3 is 0 Å². The lowest BCUT2D eigenvalue weighted by atomic mass is 10.1. The van der Waals surface area contributed by atoms with Gasteiger partial charge in [-0.15, -0.1) is 0 Å². The normalized spacial score (nSPS) is 12.3. The Labute approximate surface area is 141 Å². The van der Waals surface area contributed by atoms with Gasteiger partial charge in [-0.25, -0.2) is 4.39 Å². The summed E-state index contributed by atoms with van der Waals surface area (Å²) in [6.07, 6.45) is 0. The van der Waals surface area contributed by atoms with Crippen molar-refractivity contribution in [3.63, 3.8) is 0 Å². The summed E-state index contributed by atoms with van der Waals surface area (Å²) in [7, 11) is 1.89. The lowest BCUT2D eigenvalue weighted by Gasteiger charge is -2.24. The van der Waals surface area contributed by atoms with Crippen molar-refractivity contribution in [1.82, 2.24) is 4.90 Å². The van der Waals surface area contributed by atoms with Gasteiger partial charge in [-0.2, -0.15) is 0 Å². The lowest BCUT2D eigenvalue weighted by Crippen LogP contribution is -2.39. The molecule has 122 valence electrons. The molecule has 0 spiro atoms. The third-order valence-electron chi connectivity index (χ3n) is 3.91. The number of nitrogens with one attached hydrogen (secondary N) is 1. The number of likely N-dealkylation sites (N-methyl/N-ethyl adjacent to an activating group) is 1. The molecule has 0 aliphatic rings. The van der Waals surface area contributed by atoms with E-state index in [1.807, 2.05) is 50.1 Å². The Morgan fingerprint density at radius 3 is 2.65 bits per heavy atom. The maximum Gasteiger partial charge on any atom is 0.241 e. The zero-order chi connectivity index (χ0) is 17.0. The average molecular weight is 335 g/mol. The zero-order valence-corrected chi connectivity index (χ0v) is 14.2. The predicted molar refractivity (Wildman–Crippen MR) is 92.1 cm³/mol. The minimum absolute atomic E-state index is 0.186. The average Bonchev–Trinajstić information content (AvgIpc) is 2.51. The Kier molecular flexibility index (Phi) is 5.74. The SMILES string of the molecule is Cc1ccccc1CN(C)[C@@H](C)C(=O)Nc1ccc(F)cc1Cl. The number of carbonyl (C=O) groups is 1. The Hall–Kier alpha value is -1.91. The van der Waals surface area contributed by atoms with Gasteiger partial charge in [0.05, 0.1) is 16.8 Å². The molecule has 1 atom stereocenters. The molecule has 0 heterocycles. The van der Waals surface area contributed by atoms with Crippen LogP contribution in [0.25, 0.3) is 0 Å². The fourth-order valence-electron chi connectivity index (χ4n) is 2.22. The molecule has 0 unspecified atom stereocenters. The molecule has 0 bridgehead atoms. The number of aryl methyl sites for hydroxylation is 1. The molecule has 0 aromatic heterocycles. The Morgan fingerprint density at radius 1 is 1.30 bits per heavy atom. The van der Waals surface area contributed by atoms with Crippen LogP contribution in [0.1, 0.15) is 18.1 Å². The van der Waals surface area contributed by atoms with Gasteiger partial charge in [0.1, 0.15) is 5.82 Å². The second-order valence-electron chi connectivity index (χ2n) is 5.63. The van der Waals surface area contributed by atoms with Crippen LogP contribution in [0.4, 0.5) is 10.1 Å². The van der Waals surface area contributed by atoms with Crippen molar-refractivity contribution >= 4 is 23.2 Å². The monoisotopic (exact) mass is 334 g/mol. The highest BCUT2D eigenvalue weighted by Gasteiger charge is 2.19. The summed E-state index contributed by atoms with van der Waals surface area (Å²) in [6, 6.07) is 11.6. The van der Waals surface area contributed by atoms with Crippen molar-refractivity contribution < 1.29 is 9.18 Å². The van der Waals surface area contributed by atoms with E-state index in [4.69, 9.17) is 11.6 Å². The fourth-order valence-corrected chi connectivity index (χ4v) is 2.44. The molecule has 0 aliphatic carbocycles. The van der Waals surface area contributed by atoms with Gasteiger partial charge in [-0.3, -0.25) is 9.69 Å². The minimum atomic E-state index is -0.433. The van der Waals surface area contributed by atoms with Crippen LogP contribution in [0.3, 0.4) is 0 Å². The summed E-state index contributed by atoms with van der Waals surface area (Å²) in [6.45, 7) is 4.54. The summed E-state index contributed by atoms with van der Waals surface area (Å²) in [5.41, 5.74) is 2.78. The largest absolute Gasteiger partial charge is 0.323 e. The second-order valence-corrected chi connectivity index (χ2v) is 6.04. The summed E-state index contributed by atoms with van der Waals surface area (Å²) in [4.78, 5) is 14.3. The van der Waals surface area contributed by atoms with Crippen molar-refractivity contribution in [2.24, 2.45) is 0 Å². The predicted octanol–water partition coefficient (Wildman–Crippen LogP) is 4.25. The number of hydrogen-bond donors (Lipinski definition) is 1. The molecular formula is C18H20ClFN2O. The molecule has 1 N–H and O–H groups in total. The van der Waals surface area contributed by atoms with Crippen LogP contribution in [-0.2, 0) is 11.3 Å². The minimum Gasteiger partial charge on any atom is -0.323 e. The molecular weight excluding hydrogens is 315 g/mol. The van der Waals surface area contributed by atoms with Crippen LogP contribution in [0.2, 0.25) is 5.02 Å². The number of hydrogen-bond acceptors (Lipinski definition) is 2. The van der Waals surface area contributed by atoms with Gasteiger partial charge in [0.2, 0.25) is 5.91 Å². The van der Waals surface area contributed by atoms with Crippen LogP contribution in [0, 0.1) is 12.7 Å². The summed E-state index contributed by atoms with van der Waals surface area (Å²) in [5.74, 6) is -0.618. The molecule has 2 aromatic carbocycles. The van der Waals surface area contributed by atoms with Crippen LogP contribution < -0.4 is 5.32 Å². The van der Waals surface area contributed by atoms with E-state index in [9.17, 15) is 9.18 Å². The first kappa shape index (κ1) is 17.4. The summed E-state index contributed by atoms with van der Waals surface area (Å²) >= 11 is 5.94. The molecule has 3 nitrogen and oxygen atoms in total. The molecule has 1 amide bonds. The second kappa shape index (κ2) is 7.57. The molecule has 2 rings (SSSR count). The third kappa shape index (κ3) is 4.53. The number of anilines is 1. The quantitative estimate of drug-likeness (QED) is 0.886. The standard InChI is InChI=1S/C18H20ClFN2O/c1-12-6-4-5-7-14(12)11-22(3)13(2)18(23)21-17-9-8-15(20)10-16(17)19/h4-10,13H,11H2,1-3H3,(H,21,23)/t13-/m0/s1. The first-order valence-corrected chi connectivity index (χ1v) is 7.77. The van der Waals surface area contributed by atoms with E-state index in [1.165, 1.54) is 29.3 Å². The highest BCUT2D eigenvalue weighted by Crippen LogP contribution is 2.23. The molecule has 0 aliphatic heterocycles. The van der Waals surface area contributed by atoms with Crippen molar-refractivity contribution in [1.29, 1.82) is 0 Å². The van der Waals surface area contributed by atoms with E-state index in [0.717, 1.165) is 0 Å². The number of halogens is 2. The van der Waals surface area contributed by atoms with Crippen LogP contribution >= 0.6 is 11.6 Å². The third-order valence-corrected chi connectivity index (χ3v) is 4.22. The van der Waals surface area contributed by atoms with E-state index >= 15 is 0 Å². The molecule has 0 saturated heterocycles. The zero-order valence-electron chi connectivity index (χ0n) is 13.4. The molecule has 2 aromatic rings. The van der Waals surface area contributed by atoms with E-state index in [-0.39, 0.29) is 17.0 Å². The lowest BCUT2D eigenvalue weighted by molar-refractivity contribution is -0.120. The topological polar surface area (TPSA) is 32.3 Å². The van der Waals surface area contributed by atoms with Crippen LogP contribution in [0.15, 0.2) is 42.5 Å². The summed E-state index contributed by atoms with van der Waals surface area (Å²) in [5, 5.41) is 2.93. The van der Waals surface area contributed by atoms with Gasteiger partial charge < -0.3 is 5.32 Å². The van der Waals surface area contributed by atoms with Crippen molar-refractivity contribution in [3.8, 4) is 0 Å². The number of benzene rings is 2. The highest BCUT2D eigenvalue weighted by molar-refractivity contribution is 6.33. The maximum atomic E-state index is 13.0. The van der Waals surface area contributed by atoms with Gasteiger partial charge in [0.25, 0.3) is 0 Å². The molecule has 0 saturated carbocycles. The molecule has 5 heteroatoms. The first-order chi connectivity index (χ1) is 10.9. The van der Waals surface area contributed by atoms with Crippen molar-refractivity contribution in [2.45, 2.75) is 26.4 Å². The molecule has 0 radical (unpaired) electrons. The molecule has 23 heavy (non-hydrogen) atoms. The number of rotatable bonds is 5. The van der Waals surface area contributed by atoms with Gasteiger partial charge in [-0.1, -0.05) is 35.9 Å². The highest BCUT2D eigenvalue weighted by atomic mass is 35.5. The number of carbonyl (C=O) groups excluding carboxylic acids is 1. The van der Waals surface area contributed by atoms with Crippen molar-refractivity contribution in [3.05, 3.63) is 64.4 Å². The van der Waals surface area contributed by atoms with E-state index in [1.54, 1.807) is 0 Å². The number of nitrogens with zero attached hydrogens (tertiary/aromatic N) is 1. The molecule has 0 fully saturated rings. The number of amides is 1. The van der Waals surface area contributed by atoms with Crippen LogP contribution in [-0.4, -0.2) is 23.9 Å². The smallest absolute Gasteiger partial charge is 0.241 e. The Bertz CT molecular complexity index is 705. The van der Waals surface area contributed by atoms with Crippen LogP contribution in [0.5, 0.6) is 0 Å². The first-order valence-electron chi connectivity index (χ1n) is 7.39. The van der Waals surface area contributed by atoms with E-state index in [2.05, 4.69) is 5.32 Å². The van der Waals surface area contributed by atoms with Crippen molar-refractivity contribution in [2.75, 3.05) is 12.4 Å². The van der Waals surface area contributed by atoms with E-state index < -0.39 is 5.82 Å². The van der Waals surface area contributed by atoms with E-state index in [0.29, 0.717) is 12.2 Å². The van der Waals surface area contributed by atoms with Gasteiger partial charge in [-0.05, 0) is 50.2 Å². The maximum absolute atomic E-state index is 13.0. The van der Waals surface area contributed by atoms with Gasteiger partial charge in [0, 0.05) is 6.54 Å². The summed E-state index contributed by atoms with van der Waals surface area (Å²) < 4.78 is 13.0. The fraction of sp³-hybridized carbons (Fsp3) is 0.278. The Morgan fingerprint density at radius 2 is 2.00 bits per heavy atom. The van der Waals surface area contributed by atoms with Gasteiger partial charge in [0.15, 0.2) is 0 Å².